The van der Waals surface area contributed by atoms with Crippen molar-refractivity contribution in [3.05, 3.63) is 52.5 Å². The van der Waals surface area contributed by atoms with Gasteiger partial charge in [0.15, 0.2) is 18.1 Å². The first-order valence-electron chi connectivity index (χ1n) is 8.79. The molecular formula is C20H20ClF3N2O4. The van der Waals surface area contributed by atoms with E-state index in [0.717, 1.165) is 12.1 Å². The topological polar surface area (TPSA) is 76.7 Å². The zero-order chi connectivity index (χ0) is 22.5. The summed E-state index contributed by atoms with van der Waals surface area (Å²) in [5.74, 6) is -0.559. The molecule has 2 N–H and O–H groups in total. The number of nitrogens with one attached hydrogen (secondary N) is 2. The molecule has 0 saturated heterocycles. The Morgan fingerprint density at radius 3 is 2.40 bits per heavy atom. The van der Waals surface area contributed by atoms with Gasteiger partial charge < -0.3 is 20.1 Å². The summed E-state index contributed by atoms with van der Waals surface area (Å²) in [5.41, 5.74) is -1.00. The lowest BCUT2D eigenvalue weighted by atomic mass is 10.1. The summed E-state index contributed by atoms with van der Waals surface area (Å²) < 4.78 is 49.5. The monoisotopic (exact) mass is 444 g/mol. The third-order valence-corrected chi connectivity index (χ3v) is 4.09. The van der Waals surface area contributed by atoms with Crippen LogP contribution in [0.2, 0.25) is 5.02 Å². The molecule has 0 spiro atoms. The molecule has 0 aliphatic heterocycles. The first kappa shape index (κ1) is 23.3. The van der Waals surface area contributed by atoms with Crippen LogP contribution in [0.15, 0.2) is 36.4 Å². The Labute approximate surface area is 176 Å². The Kier molecular flexibility index (Phi) is 7.55. The molecule has 2 aromatic rings. The van der Waals surface area contributed by atoms with Crippen molar-refractivity contribution in [1.82, 2.24) is 5.32 Å². The summed E-state index contributed by atoms with van der Waals surface area (Å²) in [6.07, 6.45) is -4.65. The zero-order valence-corrected chi connectivity index (χ0v) is 17.1. The van der Waals surface area contributed by atoms with Crippen LogP contribution in [-0.2, 0) is 11.0 Å². The number of methoxy groups -OCH3 is 1. The molecule has 0 bridgehead atoms. The highest BCUT2D eigenvalue weighted by molar-refractivity contribution is 6.31. The van der Waals surface area contributed by atoms with Gasteiger partial charge >= 0.3 is 6.18 Å². The standard InChI is InChI=1S/C20H20ClF3N2O4/c1-11(2)25-18(27)10-30-16-7-4-12(8-17(16)29-3)19(28)26-13-5-6-15(21)14(9-13)20(22,23)24/h4-9,11H,10H2,1-3H3,(H,25,27)(H,26,28). The molecule has 0 aromatic heterocycles. The van der Waals surface area contributed by atoms with Crippen LogP contribution < -0.4 is 20.1 Å². The fourth-order valence-electron chi connectivity index (χ4n) is 2.46. The average Bonchev–Trinajstić information content (AvgIpc) is 2.66. The van der Waals surface area contributed by atoms with Gasteiger partial charge in [0.2, 0.25) is 0 Å². The fraction of sp³-hybridized carbons (Fsp3) is 0.300. The van der Waals surface area contributed by atoms with E-state index < -0.39 is 22.7 Å². The number of carbonyl (C=O) groups is 2. The normalized spacial score (nSPS) is 11.2. The molecule has 162 valence electrons. The van der Waals surface area contributed by atoms with Crippen LogP contribution in [0.5, 0.6) is 11.5 Å². The van der Waals surface area contributed by atoms with E-state index in [4.69, 9.17) is 21.1 Å². The molecule has 2 amide bonds. The SMILES string of the molecule is COc1cc(C(=O)Nc2ccc(Cl)c(C(F)(F)F)c2)ccc1OCC(=O)NC(C)C. The Morgan fingerprint density at radius 2 is 1.80 bits per heavy atom. The van der Waals surface area contributed by atoms with Gasteiger partial charge in [0.1, 0.15) is 0 Å². The van der Waals surface area contributed by atoms with E-state index in [9.17, 15) is 22.8 Å². The maximum absolute atomic E-state index is 13.0. The molecule has 0 aliphatic carbocycles. The lowest BCUT2D eigenvalue weighted by Crippen LogP contribution is -2.34. The van der Waals surface area contributed by atoms with Crippen LogP contribution in [0.25, 0.3) is 0 Å². The van der Waals surface area contributed by atoms with Gasteiger partial charge in [-0.25, -0.2) is 0 Å². The summed E-state index contributed by atoms with van der Waals surface area (Å²) in [5, 5.41) is 4.58. The van der Waals surface area contributed by atoms with Gasteiger partial charge in [0.05, 0.1) is 17.7 Å². The van der Waals surface area contributed by atoms with E-state index in [1.165, 1.54) is 31.4 Å². The summed E-state index contributed by atoms with van der Waals surface area (Å²) in [6, 6.07) is 7.21. The van der Waals surface area contributed by atoms with E-state index >= 15 is 0 Å². The number of anilines is 1. The summed E-state index contributed by atoms with van der Waals surface area (Å²) >= 11 is 5.58. The lowest BCUT2D eigenvalue weighted by molar-refractivity contribution is -0.137. The van der Waals surface area contributed by atoms with Crippen molar-refractivity contribution in [2.24, 2.45) is 0 Å². The highest BCUT2D eigenvalue weighted by Crippen LogP contribution is 2.36. The number of carbonyl (C=O) groups excluding carboxylic acids is 2. The Balaban J connectivity index is 2.14. The van der Waals surface area contributed by atoms with E-state index in [0.29, 0.717) is 0 Å². The third kappa shape index (κ3) is 6.28. The molecule has 6 nitrogen and oxygen atoms in total. The van der Waals surface area contributed by atoms with Crippen LogP contribution in [-0.4, -0.2) is 31.6 Å². The average molecular weight is 445 g/mol. The quantitative estimate of drug-likeness (QED) is 0.658. The largest absolute Gasteiger partial charge is 0.493 e. The summed E-state index contributed by atoms with van der Waals surface area (Å²) in [4.78, 5) is 24.1. The van der Waals surface area contributed by atoms with Crippen LogP contribution in [0.3, 0.4) is 0 Å². The van der Waals surface area contributed by atoms with Crippen molar-refractivity contribution < 1.29 is 32.2 Å². The second-order valence-corrected chi connectivity index (χ2v) is 6.93. The highest BCUT2D eigenvalue weighted by atomic mass is 35.5. The Hall–Kier alpha value is -2.94. The van der Waals surface area contributed by atoms with Gasteiger partial charge in [0.25, 0.3) is 11.8 Å². The first-order chi connectivity index (χ1) is 14.0. The minimum Gasteiger partial charge on any atom is -0.493 e. The Bertz CT molecular complexity index is 933. The minimum absolute atomic E-state index is 0.0419. The molecular weight excluding hydrogens is 425 g/mol. The molecule has 0 unspecified atom stereocenters. The fourth-order valence-corrected chi connectivity index (χ4v) is 2.68. The molecule has 0 saturated carbocycles. The summed E-state index contributed by atoms with van der Waals surface area (Å²) in [7, 11) is 1.35. The van der Waals surface area contributed by atoms with Crippen LogP contribution in [0.4, 0.5) is 18.9 Å². The Morgan fingerprint density at radius 1 is 1.10 bits per heavy atom. The first-order valence-corrected chi connectivity index (χ1v) is 9.17. The number of hydrogen-bond acceptors (Lipinski definition) is 4. The van der Waals surface area contributed by atoms with Gasteiger partial charge in [-0.05, 0) is 50.2 Å². The van der Waals surface area contributed by atoms with Crippen molar-refractivity contribution in [1.29, 1.82) is 0 Å². The van der Waals surface area contributed by atoms with E-state index in [1.807, 2.05) is 13.8 Å². The molecule has 2 aromatic carbocycles. The molecule has 30 heavy (non-hydrogen) atoms. The zero-order valence-electron chi connectivity index (χ0n) is 16.4. The van der Waals surface area contributed by atoms with Crippen LogP contribution in [0, 0.1) is 0 Å². The minimum atomic E-state index is -4.65. The molecule has 10 heteroatoms. The highest BCUT2D eigenvalue weighted by Gasteiger charge is 2.33. The number of benzene rings is 2. The second kappa shape index (κ2) is 9.71. The number of hydrogen-bond donors (Lipinski definition) is 2. The second-order valence-electron chi connectivity index (χ2n) is 6.52. The molecule has 0 aliphatic rings. The number of amides is 2. The maximum Gasteiger partial charge on any atom is 0.417 e. The molecule has 0 heterocycles. The van der Waals surface area contributed by atoms with Gasteiger partial charge in [-0.3, -0.25) is 9.59 Å². The molecule has 0 radical (unpaired) electrons. The molecule has 0 atom stereocenters. The predicted molar refractivity (Wildman–Crippen MR) is 106 cm³/mol. The van der Waals surface area contributed by atoms with E-state index in [1.54, 1.807) is 0 Å². The number of halogens is 4. The van der Waals surface area contributed by atoms with E-state index in [-0.39, 0.29) is 41.3 Å². The lowest BCUT2D eigenvalue weighted by Gasteiger charge is -2.14. The van der Waals surface area contributed by atoms with Crippen molar-refractivity contribution in [2.75, 3.05) is 19.0 Å². The number of ether oxygens (including phenoxy) is 2. The number of alkyl halides is 3. The van der Waals surface area contributed by atoms with Crippen molar-refractivity contribution in [3.63, 3.8) is 0 Å². The van der Waals surface area contributed by atoms with Gasteiger partial charge in [-0.1, -0.05) is 11.6 Å². The summed E-state index contributed by atoms with van der Waals surface area (Å²) in [6.45, 7) is 3.37. The van der Waals surface area contributed by atoms with Crippen LogP contribution in [0.1, 0.15) is 29.8 Å². The van der Waals surface area contributed by atoms with Gasteiger partial charge in [-0.2, -0.15) is 13.2 Å². The van der Waals surface area contributed by atoms with Gasteiger partial charge in [-0.15, -0.1) is 0 Å². The van der Waals surface area contributed by atoms with Gasteiger partial charge in [0, 0.05) is 17.3 Å². The van der Waals surface area contributed by atoms with E-state index in [2.05, 4.69) is 10.6 Å². The van der Waals surface area contributed by atoms with Crippen LogP contribution >= 0.6 is 11.6 Å². The van der Waals surface area contributed by atoms with Crippen molar-refractivity contribution in [3.8, 4) is 11.5 Å². The smallest absolute Gasteiger partial charge is 0.417 e. The maximum atomic E-state index is 13.0. The molecule has 0 fully saturated rings. The van der Waals surface area contributed by atoms with Crippen molar-refractivity contribution >= 4 is 29.1 Å². The third-order valence-electron chi connectivity index (χ3n) is 3.76. The number of rotatable bonds is 7. The molecule has 2 rings (SSSR count). The van der Waals surface area contributed by atoms with Crippen molar-refractivity contribution in [2.45, 2.75) is 26.1 Å². The predicted octanol–water partition coefficient (Wildman–Crippen LogP) is 4.52.